The van der Waals surface area contributed by atoms with Gasteiger partial charge in [0, 0.05) is 28.6 Å². The van der Waals surface area contributed by atoms with E-state index in [1.54, 1.807) is 0 Å². The fraction of sp³-hybridized carbons (Fsp3) is 0.0476. The first-order valence-corrected chi connectivity index (χ1v) is 15.8. The Morgan fingerprint density at radius 3 is 1.80 bits per heavy atom. The van der Waals surface area contributed by atoms with Crippen molar-refractivity contribution in [1.29, 1.82) is 0 Å². The Labute approximate surface area is 267 Å². The molecular formula is C42H30N4. The quantitative estimate of drug-likeness (QED) is 0.191. The first kappa shape index (κ1) is 26.4. The summed E-state index contributed by atoms with van der Waals surface area (Å²) >= 11 is 0. The van der Waals surface area contributed by atoms with E-state index in [4.69, 9.17) is 9.98 Å². The number of benzene rings is 6. The van der Waals surface area contributed by atoms with Crippen molar-refractivity contribution in [1.82, 2.24) is 8.97 Å². The molecule has 4 heteroatoms. The zero-order valence-electron chi connectivity index (χ0n) is 25.2. The summed E-state index contributed by atoms with van der Waals surface area (Å²) in [5.74, 6) is 0.770. The maximum atomic E-state index is 5.19. The summed E-state index contributed by atoms with van der Waals surface area (Å²) in [4.78, 5) is 10.3. The first-order chi connectivity index (χ1) is 22.8. The fourth-order valence-electron chi connectivity index (χ4n) is 6.95. The van der Waals surface area contributed by atoms with Crippen LogP contribution in [0.1, 0.15) is 29.2 Å². The van der Waals surface area contributed by atoms with Gasteiger partial charge in [0.25, 0.3) is 0 Å². The number of aromatic nitrogens is 2. The van der Waals surface area contributed by atoms with Gasteiger partial charge in [-0.15, -0.1) is 0 Å². The van der Waals surface area contributed by atoms with E-state index in [-0.39, 0.29) is 6.04 Å². The van der Waals surface area contributed by atoms with Gasteiger partial charge in [0.1, 0.15) is 5.65 Å². The van der Waals surface area contributed by atoms with Crippen LogP contribution in [0.4, 0.5) is 0 Å². The molecule has 0 saturated heterocycles. The van der Waals surface area contributed by atoms with Gasteiger partial charge in [-0.3, -0.25) is 14.0 Å². The molecule has 0 spiro atoms. The molecule has 0 bridgehead atoms. The van der Waals surface area contributed by atoms with Crippen molar-refractivity contribution in [2.24, 2.45) is 9.98 Å². The number of hydrogen-bond donors (Lipinski definition) is 0. The number of amidine groups is 1. The number of para-hydroxylation sites is 3. The van der Waals surface area contributed by atoms with Crippen LogP contribution in [-0.4, -0.2) is 20.5 Å². The molecule has 6 aromatic carbocycles. The highest BCUT2D eigenvalue weighted by atomic mass is 15.1. The van der Waals surface area contributed by atoms with E-state index in [2.05, 4.69) is 173 Å². The van der Waals surface area contributed by atoms with Crippen LogP contribution in [0.5, 0.6) is 0 Å². The summed E-state index contributed by atoms with van der Waals surface area (Å²) in [5, 5.41) is 1.24. The number of rotatable bonds is 5. The Morgan fingerprint density at radius 1 is 0.500 bits per heavy atom. The normalized spacial score (nSPS) is 14.9. The Hall–Kier alpha value is -6.00. The van der Waals surface area contributed by atoms with Crippen LogP contribution in [0.2, 0.25) is 0 Å². The van der Waals surface area contributed by atoms with Gasteiger partial charge < -0.3 is 0 Å². The zero-order chi connectivity index (χ0) is 30.5. The SMILES string of the molecule is c1ccc(C2=NC(c3ccc(-n4c5ccccc5n5c6ccccc6c(-c6ccccc6)c45)cc3)=NC(c3ccccc3)C2)cc1. The minimum atomic E-state index is 0.0122. The third kappa shape index (κ3) is 4.30. The first-order valence-electron chi connectivity index (χ1n) is 15.8. The molecule has 0 fully saturated rings. The molecule has 0 N–H and O–H groups in total. The van der Waals surface area contributed by atoms with Gasteiger partial charge in [0.15, 0.2) is 5.84 Å². The van der Waals surface area contributed by atoms with E-state index >= 15 is 0 Å². The van der Waals surface area contributed by atoms with E-state index in [0.29, 0.717) is 0 Å². The van der Waals surface area contributed by atoms with Gasteiger partial charge in [0.05, 0.1) is 28.3 Å². The summed E-state index contributed by atoms with van der Waals surface area (Å²) in [7, 11) is 0. The largest absolute Gasteiger partial charge is 0.293 e. The Balaban J connectivity index is 1.23. The smallest absolute Gasteiger partial charge is 0.155 e. The third-order valence-electron chi connectivity index (χ3n) is 9.07. The predicted molar refractivity (Wildman–Crippen MR) is 190 cm³/mol. The lowest BCUT2D eigenvalue weighted by Gasteiger charge is -2.21. The van der Waals surface area contributed by atoms with Crippen molar-refractivity contribution in [3.63, 3.8) is 0 Å². The highest BCUT2D eigenvalue weighted by molar-refractivity contribution is 6.14. The molecule has 46 heavy (non-hydrogen) atoms. The lowest BCUT2D eigenvalue weighted by atomic mass is 9.96. The van der Waals surface area contributed by atoms with Crippen LogP contribution in [0, 0.1) is 0 Å². The molecule has 1 aliphatic heterocycles. The molecule has 9 rings (SSSR count). The number of nitrogens with zero attached hydrogens (tertiary/aromatic N) is 4. The highest BCUT2D eigenvalue weighted by Gasteiger charge is 2.24. The highest BCUT2D eigenvalue weighted by Crippen LogP contribution is 2.40. The van der Waals surface area contributed by atoms with Gasteiger partial charge in [-0.25, -0.2) is 4.99 Å². The molecule has 3 heterocycles. The Bertz CT molecular complexity index is 2410. The standard InChI is InChI=1S/C42H30N4/c1-4-14-29(15-5-1)35-28-36(30-16-6-2-7-17-30)44-41(43-35)32-24-26-33(27-25-32)45-38-22-12-13-23-39(38)46-37-21-11-10-20-34(37)40(42(45)46)31-18-8-3-9-19-31/h1-27,35H,28H2. The van der Waals surface area contributed by atoms with E-state index in [9.17, 15) is 0 Å². The Morgan fingerprint density at radius 2 is 1.09 bits per heavy atom. The van der Waals surface area contributed by atoms with Gasteiger partial charge >= 0.3 is 0 Å². The second-order valence-electron chi connectivity index (χ2n) is 11.8. The lowest BCUT2D eigenvalue weighted by molar-refractivity contribution is 0.753. The fourth-order valence-corrected chi connectivity index (χ4v) is 6.95. The topological polar surface area (TPSA) is 34.1 Å². The van der Waals surface area contributed by atoms with Crippen molar-refractivity contribution in [3.8, 4) is 16.8 Å². The van der Waals surface area contributed by atoms with Crippen molar-refractivity contribution in [2.75, 3.05) is 0 Å². The summed E-state index contributed by atoms with van der Waals surface area (Å²) < 4.78 is 4.81. The maximum Gasteiger partial charge on any atom is 0.155 e. The molecule has 2 aromatic heterocycles. The Kier molecular flexibility index (Phi) is 6.24. The molecule has 0 radical (unpaired) electrons. The summed E-state index contributed by atoms with van der Waals surface area (Å²) in [6, 6.07) is 57.9. The summed E-state index contributed by atoms with van der Waals surface area (Å²) in [6.45, 7) is 0. The predicted octanol–water partition coefficient (Wildman–Crippen LogP) is 10.1. The molecule has 218 valence electrons. The van der Waals surface area contributed by atoms with Gasteiger partial charge in [0.2, 0.25) is 0 Å². The zero-order valence-corrected chi connectivity index (χ0v) is 25.2. The van der Waals surface area contributed by atoms with Crippen molar-refractivity contribution < 1.29 is 0 Å². The maximum absolute atomic E-state index is 5.19. The minimum Gasteiger partial charge on any atom is -0.293 e. The van der Waals surface area contributed by atoms with E-state index in [0.717, 1.165) is 45.9 Å². The minimum absolute atomic E-state index is 0.0122. The molecular weight excluding hydrogens is 560 g/mol. The van der Waals surface area contributed by atoms with Gasteiger partial charge in [-0.1, -0.05) is 121 Å². The third-order valence-corrected chi connectivity index (χ3v) is 9.07. The van der Waals surface area contributed by atoms with Crippen LogP contribution in [0.15, 0.2) is 174 Å². The summed E-state index contributed by atoms with van der Waals surface area (Å²) in [6.07, 6.45) is 0.771. The van der Waals surface area contributed by atoms with Crippen molar-refractivity contribution in [2.45, 2.75) is 12.5 Å². The van der Waals surface area contributed by atoms with Crippen LogP contribution in [0.25, 0.3) is 44.4 Å². The summed E-state index contributed by atoms with van der Waals surface area (Å²) in [5.41, 5.74) is 12.7. The second kappa shape index (κ2) is 10.9. The van der Waals surface area contributed by atoms with Crippen LogP contribution < -0.4 is 0 Å². The number of fused-ring (bicyclic) bond motifs is 5. The average molecular weight is 591 g/mol. The molecule has 0 amide bonds. The second-order valence-corrected chi connectivity index (χ2v) is 11.8. The van der Waals surface area contributed by atoms with Crippen LogP contribution in [0.3, 0.4) is 0 Å². The van der Waals surface area contributed by atoms with Crippen molar-refractivity contribution in [3.05, 3.63) is 180 Å². The molecule has 4 nitrogen and oxygen atoms in total. The molecule has 0 aliphatic carbocycles. The number of aliphatic imine (C=N–C) groups is 2. The van der Waals surface area contributed by atoms with E-state index in [1.165, 1.54) is 33.1 Å². The van der Waals surface area contributed by atoms with E-state index < -0.39 is 0 Å². The molecule has 0 saturated carbocycles. The monoisotopic (exact) mass is 590 g/mol. The molecule has 1 aliphatic rings. The lowest BCUT2D eigenvalue weighted by Crippen LogP contribution is -2.17. The molecule has 1 unspecified atom stereocenters. The van der Waals surface area contributed by atoms with E-state index in [1.807, 2.05) is 0 Å². The van der Waals surface area contributed by atoms with Gasteiger partial charge in [-0.05, 0) is 59.2 Å². The van der Waals surface area contributed by atoms with Crippen LogP contribution in [-0.2, 0) is 0 Å². The molecule has 8 aromatic rings. The van der Waals surface area contributed by atoms with Crippen molar-refractivity contribution >= 4 is 39.1 Å². The van der Waals surface area contributed by atoms with Gasteiger partial charge in [-0.2, -0.15) is 0 Å². The van der Waals surface area contributed by atoms with Crippen LogP contribution >= 0.6 is 0 Å². The number of hydrogen-bond acceptors (Lipinski definition) is 2. The number of imidazole rings is 1. The molecule has 1 atom stereocenters. The average Bonchev–Trinajstić information content (AvgIpc) is 3.65.